The van der Waals surface area contributed by atoms with E-state index >= 15 is 0 Å². The van der Waals surface area contributed by atoms with E-state index in [-0.39, 0.29) is 11.9 Å². The Morgan fingerprint density at radius 3 is 2.11 bits per heavy atom. The monoisotopic (exact) mass is 257 g/mol. The number of aliphatic carboxylic acids is 2. The van der Waals surface area contributed by atoms with Crippen LogP contribution in [0.3, 0.4) is 0 Å². The summed E-state index contributed by atoms with van der Waals surface area (Å²) < 4.78 is 5.15. The van der Waals surface area contributed by atoms with E-state index in [0.29, 0.717) is 25.3 Å². The molecule has 100 valence electrons. The number of carboxylic acid groups (broad SMARTS) is 2. The van der Waals surface area contributed by atoms with Gasteiger partial charge in [-0.25, -0.2) is 9.59 Å². The van der Waals surface area contributed by atoms with Gasteiger partial charge in [0.1, 0.15) is 6.10 Å². The number of nitrogens with one attached hydrogen (secondary N) is 1. The molecule has 0 saturated carbocycles. The summed E-state index contributed by atoms with van der Waals surface area (Å²) in [6.45, 7) is 5.44. The first kappa shape index (κ1) is 16.0. The largest absolute Gasteiger partial charge is 0.478 e. The van der Waals surface area contributed by atoms with Gasteiger partial charge in [-0.15, -0.1) is 0 Å². The first-order chi connectivity index (χ1) is 8.47. The van der Waals surface area contributed by atoms with Crippen molar-refractivity contribution in [3.63, 3.8) is 0 Å². The molecule has 1 unspecified atom stereocenters. The third-order valence-corrected chi connectivity index (χ3v) is 1.81. The highest BCUT2D eigenvalue weighted by molar-refractivity contribution is 5.93. The lowest BCUT2D eigenvalue weighted by molar-refractivity contribution is -0.134. The normalized spacial score (nSPS) is 18.6. The van der Waals surface area contributed by atoms with Crippen LogP contribution in [0.25, 0.3) is 0 Å². The van der Waals surface area contributed by atoms with E-state index < -0.39 is 11.9 Å². The van der Waals surface area contributed by atoms with Gasteiger partial charge in [-0.1, -0.05) is 6.58 Å². The molecule has 0 amide bonds. The van der Waals surface area contributed by atoms with Crippen molar-refractivity contribution in [2.45, 2.75) is 6.10 Å². The van der Waals surface area contributed by atoms with Crippen LogP contribution < -0.4 is 5.32 Å². The second-order valence-electron chi connectivity index (χ2n) is 3.18. The second kappa shape index (κ2) is 9.08. The predicted molar refractivity (Wildman–Crippen MR) is 62.2 cm³/mol. The Kier molecular flexibility index (Phi) is 8.08. The van der Waals surface area contributed by atoms with Gasteiger partial charge in [0.25, 0.3) is 0 Å². The van der Waals surface area contributed by atoms with E-state index in [1.807, 2.05) is 0 Å². The zero-order valence-electron chi connectivity index (χ0n) is 9.67. The molecule has 0 aromatic heterocycles. The van der Waals surface area contributed by atoms with Crippen LogP contribution in [0.5, 0.6) is 0 Å². The van der Waals surface area contributed by atoms with Crippen molar-refractivity contribution >= 4 is 17.7 Å². The van der Waals surface area contributed by atoms with Crippen molar-refractivity contribution in [3.8, 4) is 0 Å². The molecule has 7 heteroatoms. The summed E-state index contributed by atoms with van der Waals surface area (Å²) in [5, 5.41) is 18.7. The van der Waals surface area contributed by atoms with Gasteiger partial charge >= 0.3 is 11.9 Å². The van der Waals surface area contributed by atoms with Crippen LogP contribution in [-0.2, 0) is 19.1 Å². The molecule has 7 nitrogen and oxygen atoms in total. The third kappa shape index (κ3) is 8.20. The van der Waals surface area contributed by atoms with E-state index in [1.165, 1.54) is 6.08 Å². The predicted octanol–water partition coefficient (Wildman–Crippen LogP) is -0.558. The minimum atomic E-state index is -1.26. The first-order valence-corrected chi connectivity index (χ1v) is 5.10. The highest BCUT2D eigenvalue weighted by Crippen LogP contribution is 1.97. The molecule has 1 fully saturated rings. The van der Waals surface area contributed by atoms with Gasteiger partial charge in [-0.05, 0) is 6.08 Å². The number of hydrogen-bond acceptors (Lipinski definition) is 5. The molecule has 0 spiro atoms. The van der Waals surface area contributed by atoms with Crippen LogP contribution in [0.4, 0.5) is 0 Å². The van der Waals surface area contributed by atoms with Gasteiger partial charge in [0.05, 0.1) is 6.61 Å². The Morgan fingerprint density at radius 1 is 1.22 bits per heavy atom. The van der Waals surface area contributed by atoms with Gasteiger partial charge in [0, 0.05) is 25.2 Å². The quantitative estimate of drug-likeness (QED) is 0.578. The summed E-state index contributed by atoms with van der Waals surface area (Å²) in [5.41, 5.74) is 0. The minimum absolute atomic E-state index is 0.0350. The second-order valence-corrected chi connectivity index (χ2v) is 3.18. The molecule has 0 radical (unpaired) electrons. The highest BCUT2D eigenvalue weighted by atomic mass is 16.5. The van der Waals surface area contributed by atoms with Gasteiger partial charge in [-0.2, -0.15) is 0 Å². The summed E-state index contributed by atoms with van der Waals surface area (Å²) in [6, 6.07) is 0. The molecule has 18 heavy (non-hydrogen) atoms. The summed E-state index contributed by atoms with van der Waals surface area (Å²) in [4.78, 5) is 30.0. The maximum Gasteiger partial charge on any atom is 0.328 e. The van der Waals surface area contributed by atoms with Gasteiger partial charge in [-0.3, -0.25) is 4.79 Å². The smallest absolute Gasteiger partial charge is 0.328 e. The molecule has 0 aromatic carbocycles. The number of carboxylic acids is 2. The number of carbonyl (C=O) groups excluding carboxylic acids is 1. The van der Waals surface area contributed by atoms with Crippen LogP contribution in [0.1, 0.15) is 0 Å². The molecular formula is C11H15NO6. The minimum Gasteiger partial charge on any atom is -0.478 e. The fourth-order valence-electron chi connectivity index (χ4n) is 1.02. The zero-order valence-corrected chi connectivity index (χ0v) is 9.67. The molecule has 0 bridgehead atoms. The number of hydrogen-bond donors (Lipinski definition) is 3. The molecule has 0 aliphatic carbocycles. The van der Waals surface area contributed by atoms with Crippen LogP contribution in [0.2, 0.25) is 0 Å². The van der Waals surface area contributed by atoms with Crippen molar-refractivity contribution in [2.75, 3.05) is 19.7 Å². The molecule has 0 aromatic rings. The maximum absolute atomic E-state index is 10.9. The number of morpholine rings is 1. The maximum atomic E-state index is 10.9. The van der Waals surface area contributed by atoms with Gasteiger partial charge in [0.15, 0.2) is 5.78 Å². The molecule has 1 saturated heterocycles. The average molecular weight is 257 g/mol. The lowest BCUT2D eigenvalue weighted by Crippen LogP contribution is -2.42. The van der Waals surface area contributed by atoms with E-state index in [9.17, 15) is 14.4 Å². The van der Waals surface area contributed by atoms with E-state index in [4.69, 9.17) is 14.9 Å². The third-order valence-electron chi connectivity index (χ3n) is 1.81. The van der Waals surface area contributed by atoms with Crippen molar-refractivity contribution in [3.05, 3.63) is 24.8 Å². The van der Waals surface area contributed by atoms with Crippen LogP contribution in [-0.4, -0.2) is 53.7 Å². The van der Waals surface area contributed by atoms with E-state index in [1.54, 1.807) is 0 Å². The number of ketones is 1. The fraction of sp³-hybridized carbons (Fsp3) is 0.364. The lowest BCUT2D eigenvalue weighted by atomic mass is 10.2. The van der Waals surface area contributed by atoms with Gasteiger partial charge < -0.3 is 20.3 Å². The summed E-state index contributed by atoms with van der Waals surface area (Å²) in [6.07, 6.45) is 2.12. The van der Waals surface area contributed by atoms with Crippen LogP contribution in [0, 0.1) is 0 Å². The summed E-state index contributed by atoms with van der Waals surface area (Å²) >= 11 is 0. The van der Waals surface area contributed by atoms with Crippen molar-refractivity contribution in [1.29, 1.82) is 0 Å². The Bertz CT molecular complexity index is 327. The highest BCUT2D eigenvalue weighted by Gasteiger charge is 2.18. The lowest BCUT2D eigenvalue weighted by Gasteiger charge is -2.20. The number of ether oxygens (including phenoxy) is 1. The van der Waals surface area contributed by atoms with Crippen molar-refractivity contribution in [2.24, 2.45) is 0 Å². The zero-order chi connectivity index (χ0) is 14.0. The number of carbonyl (C=O) groups is 3. The molecule has 1 heterocycles. The Hall–Kier alpha value is -1.99. The Morgan fingerprint density at radius 2 is 1.78 bits per heavy atom. The molecule has 1 atom stereocenters. The van der Waals surface area contributed by atoms with E-state index in [0.717, 1.165) is 6.54 Å². The molecule has 3 N–H and O–H groups in total. The molecule has 1 aliphatic heterocycles. The summed E-state index contributed by atoms with van der Waals surface area (Å²) in [7, 11) is 0. The van der Waals surface area contributed by atoms with Crippen molar-refractivity contribution in [1.82, 2.24) is 5.32 Å². The summed E-state index contributed by atoms with van der Waals surface area (Å²) in [5.74, 6) is -2.55. The molecule has 1 aliphatic rings. The SMILES string of the molecule is C=CC(=O)C1CNCCO1.O=C(O)/C=C\C(=O)O. The Balaban J connectivity index is 0.000000331. The Labute approximate surface area is 104 Å². The first-order valence-electron chi connectivity index (χ1n) is 5.10. The number of rotatable bonds is 4. The van der Waals surface area contributed by atoms with Crippen LogP contribution >= 0.6 is 0 Å². The van der Waals surface area contributed by atoms with Crippen LogP contribution in [0.15, 0.2) is 24.8 Å². The fourth-order valence-corrected chi connectivity index (χ4v) is 1.02. The molecule has 1 rings (SSSR count). The standard InChI is InChI=1S/C7H11NO2.C4H4O4/c1-2-6(9)7-5-8-3-4-10-7;5-3(6)1-2-4(7)8/h2,7-8H,1,3-5H2;1-2H,(H,5,6)(H,7,8)/b;2-1-. The molecular weight excluding hydrogens is 242 g/mol. The average Bonchev–Trinajstić information content (AvgIpc) is 2.37. The van der Waals surface area contributed by atoms with E-state index in [2.05, 4.69) is 11.9 Å². The van der Waals surface area contributed by atoms with Crippen molar-refractivity contribution < 1.29 is 29.3 Å². The topological polar surface area (TPSA) is 113 Å². The van der Waals surface area contributed by atoms with Gasteiger partial charge in [0.2, 0.25) is 0 Å².